The molecule has 83 heavy (non-hydrogen) atoms. The summed E-state index contributed by atoms with van der Waals surface area (Å²) in [6.45, 7) is -6.81. The van der Waals surface area contributed by atoms with Gasteiger partial charge in [-0.1, -0.05) is 18.2 Å². The molecule has 1 aromatic rings. The summed E-state index contributed by atoms with van der Waals surface area (Å²) >= 11 is 0. The molecule has 1 aromatic carbocycles. The van der Waals surface area contributed by atoms with Crippen LogP contribution in [0.1, 0.15) is 0 Å². The summed E-state index contributed by atoms with van der Waals surface area (Å²) in [5.74, 6) is 0.238. The highest BCUT2D eigenvalue weighted by molar-refractivity contribution is 5.21. The van der Waals surface area contributed by atoms with Crippen molar-refractivity contribution in [2.24, 2.45) is 0 Å². The highest BCUT2D eigenvalue weighted by Gasteiger charge is 2.59. The Bertz CT molecular complexity index is 2130. The minimum Gasteiger partial charge on any atom is -0.491 e. The molecule has 21 fully saturated rings. The van der Waals surface area contributed by atoms with Crippen LogP contribution in [0.4, 0.5) is 0 Å². The van der Waals surface area contributed by atoms with Gasteiger partial charge in [0.2, 0.25) is 0 Å². The fraction of sp³-hybridized carbons (Fsp3) is 0.875. The molecule has 21 aliphatic rings. The fourth-order valence-corrected chi connectivity index (χ4v) is 11.1. The van der Waals surface area contributed by atoms with E-state index in [4.69, 9.17) is 71.1 Å². The maximum atomic E-state index is 11.7. The van der Waals surface area contributed by atoms with Crippen LogP contribution >= 0.6 is 0 Å². The third kappa shape index (κ3) is 13.2. The number of aliphatic hydroxyl groups is 20. The summed E-state index contributed by atoms with van der Waals surface area (Å²) in [6.07, 6.45) is -69.9. The van der Waals surface area contributed by atoms with Crippen LogP contribution in [-0.2, 0) is 66.3 Å². The first-order chi connectivity index (χ1) is 39.7. The van der Waals surface area contributed by atoms with Crippen molar-refractivity contribution in [3.8, 4) is 5.75 Å². The van der Waals surface area contributed by atoms with Gasteiger partial charge in [0, 0.05) is 0 Å². The zero-order valence-corrected chi connectivity index (χ0v) is 43.6. The molecule has 35 atom stereocenters. The van der Waals surface area contributed by atoms with Gasteiger partial charge in [0.25, 0.3) is 0 Å². The standard InChI is InChI=1S/C48H74O35/c49-6-14-35-22(56)29(63)43(71-14)79-37-16(8-51)73-45(31(65)24(37)58)81-39-18(10-53)75-47(33(67)26(39)60)83-41-20(12-69-13-4-2-1-3-5-13)76-48(34(68)27(41)61)82-40-19(11-54)74-46(32(66)25(40)59)80-38-17(9-52)72-44(30(64)23(38)57)78-36-15(7-50)70-42(77-35)28(62)21(36)55/h1-5,14-68H,6-12H2/t14-,15-,16-,17-,18-,19-,20-,21-,22-,23-,24-,25-,26-,27-,28-,29-,30-,31-,32-,33-,34-,35-,36-,37-,38-,39-,40-,41-,42-,43-,44-,45-,46-,47-,48-/m1/s1. The van der Waals surface area contributed by atoms with Crippen LogP contribution in [-0.4, -0.2) is 363 Å². The lowest BCUT2D eigenvalue weighted by Crippen LogP contribution is -2.68. The Balaban J connectivity index is 1.01. The predicted octanol–water partition coefficient (Wildman–Crippen LogP) is -13.1. The molecule has 0 radical (unpaired) electrons. The Morgan fingerprint density at radius 1 is 0.241 bits per heavy atom. The molecule has 22 rings (SSSR count). The SMILES string of the molecule is OC[C@H]1O[C@@H]2O[C@H]3[C@H](O)[C@@H](O)[C@@H](O[C@H]4[C@H](O)[C@@H](O)[C@@H](O[C@H]5[C@H](O)[C@@H](O)[C@@H](O[C@H]6[C@H](O)[C@@H](O)[C@@H](O[C@H]7[C@H](O)[C@@H](O)[C@@H](O[C@H]8[C@H](O)[C@@H](O)[C@@H](O[C@H]1[C@H](O)[C@H]2O)O[C@@H]8CO)O[C@@H]7CO)O[C@@H]6CO)O[C@@H]5COc1ccccc1)O[C@@H]4CO)O[C@@H]3CO. The largest absolute Gasteiger partial charge is 0.491 e. The van der Waals surface area contributed by atoms with Crippen molar-refractivity contribution in [1.29, 1.82) is 0 Å². The molecule has 20 N–H and O–H groups in total. The van der Waals surface area contributed by atoms with E-state index in [1.807, 2.05) is 0 Å². The highest BCUT2D eigenvalue weighted by atomic mass is 16.8. The van der Waals surface area contributed by atoms with E-state index in [2.05, 4.69) is 0 Å². The van der Waals surface area contributed by atoms with Gasteiger partial charge in [-0.15, -0.1) is 0 Å². The van der Waals surface area contributed by atoms with E-state index < -0.39 is 261 Å². The predicted molar refractivity (Wildman–Crippen MR) is 253 cm³/mol. The first-order valence-electron chi connectivity index (χ1n) is 26.7. The number of hydrogen-bond acceptors (Lipinski definition) is 35. The molecule has 21 saturated heterocycles. The highest BCUT2D eigenvalue weighted by Crippen LogP contribution is 2.39. The van der Waals surface area contributed by atoms with Crippen LogP contribution in [0, 0.1) is 0 Å². The molecule has 14 bridgehead atoms. The number of hydrogen-bond donors (Lipinski definition) is 20. The molecule has 0 aliphatic carbocycles. The summed E-state index contributed by atoms with van der Waals surface area (Å²) in [5, 5.41) is 223. The second-order valence-corrected chi connectivity index (χ2v) is 21.1. The Hall–Kier alpha value is -2.34. The topological polar surface area (TPSA) is 543 Å². The Morgan fingerprint density at radius 3 is 0.614 bits per heavy atom. The molecule has 476 valence electrons. The zero-order chi connectivity index (χ0) is 59.9. The zero-order valence-electron chi connectivity index (χ0n) is 43.6. The molecule has 21 aliphatic heterocycles. The van der Waals surface area contributed by atoms with Gasteiger partial charge in [-0.25, -0.2) is 0 Å². The molecule has 21 heterocycles. The monoisotopic (exact) mass is 1210 g/mol. The van der Waals surface area contributed by atoms with Gasteiger partial charge >= 0.3 is 0 Å². The molecular weight excluding hydrogens is 1140 g/mol. The van der Waals surface area contributed by atoms with Crippen molar-refractivity contribution in [1.82, 2.24) is 0 Å². The number of benzene rings is 1. The quantitative estimate of drug-likeness (QED) is 0.109. The molecular formula is C48H74O35. The van der Waals surface area contributed by atoms with Crippen molar-refractivity contribution in [2.45, 2.75) is 215 Å². The maximum absolute atomic E-state index is 11.7. The van der Waals surface area contributed by atoms with Crippen molar-refractivity contribution < 1.29 is 173 Å². The Labute approximate surface area is 469 Å². The van der Waals surface area contributed by atoms with Crippen LogP contribution < -0.4 is 4.74 Å². The Morgan fingerprint density at radius 2 is 0.422 bits per heavy atom. The van der Waals surface area contributed by atoms with Gasteiger partial charge in [-0.3, -0.25) is 0 Å². The van der Waals surface area contributed by atoms with E-state index in [1.54, 1.807) is 18.2 Å². The van der Waals surface area contributed by atoms with Crippen molar-refractivity contribution in [3.63, 3.8) is 0 Å². The van der Waals surface area contributed by atoms with Gasteiger partial charge in [-0.2, -0.15) is 0 Å². The van der Waals surface area contributed by atoms with Gasteiger partial charge < -0.3 is 173 Å². The molecule has 35 nitrogen and oxygen atoms in total. The van der Waals surface area contributed by atoms with Gasteiger partial charge in [0.1, 0.15) is 183 Å². The summed E-state index contributed by atoms with van der Waals surface area (Å²) in [6, 6.07) is 7.97. The molecule has 0 spiro atoms. The van der Waals surface area contributed by atoms with Gasteiger partial charge in [0.15, 0.2) is 44.0 Å². The smallest absolute Gasteiger partial charge is 0.187 e. The number of para-hydroxylation sites is 1. The second kappa shape index (κ2) is 28.0. The van der Waals surface area contributed by atoms with Gasteiger partial charge in [-0.05, 0) is 12.1 Å². The third-order valence-corrected chi connectivity index (χ3v) is 15.8. The molecule has 0 amide bonds. The van der Waals surface area contributed by atoms with Crippen molar-refractivity contribution in [3.05, 3.63) is 30.3 Å². The van der Waals surface area contributed by atoms with Gasteiger partial charge in [0.05, 0.1) is 39.6 Å². The van der Waals surface area contributed by atoms with E-state index in [-0.39, 0.29) is 5.75 Å². The van der Waals surface area contributed by atoms with E-state index in [1.165, 1.54) is 12.1 Å². The maximum Gasteiger partial charge on any atom is 0.187 e. The molecule has 0 unspecified atom stereocenters. The number of rotatable bonds is 9. The fourth-order valence-electron chi connectivity index (χ4n) is 11.1. The number of aliphatic hydroxyl groups excluding tert-OH is 20. The first-order valence-corrected chi connectivity index (χ1v) is 26.7. The normalized spacial score (nSPS) is 52.1. The average Bonchev–Trinajstić information content (AvgIpc) is 3.65. The minimum atomic E-state index is -2.21. The molecule has 0 saturated carbocycles. The summed E-state index contributed by atoms with van der Waals surface area (Å²) < 4.78 is 86.9. The third-order valence-electron chi connectivity index (χ3n) is 15.8. The summed E-state index contributed by atoms with van der Waals surface area (Å²) in [7, 11) is 0. The van der Waals surface area contributed by atoms with E-state index in [0.29, 0.717) is 0 Å². The summed E-state index contributed by atoms with van der Waals surface area (Å²) in [5.41, 5.74) is 0. The van der Waals surface area contributed by atoms with E-state index in [0.717, 1.165) is 0 Å². The van der Waals surface area contributed by atoms with Crippen LogP contribution in [0.2, 0.25) is 0 Å². The lowest BCUT2D eigenvalue weighted by molar-refractivity contribution is -0.396. The summed E-state index contributed by atoms with van der Waals surface area (Å²) in [4.78, 5) is 0. The van der Waals surface area contributed by atoms with E-state index >= 15 is 0 Å². The molecule has 0 aromatic heterocycles. The second-order valence-electron chi connectivity index (χ2n) is 21.1. The van der Waals surface area contributed by atoms with Crippen molar-refractivity contribution >= 4 is 0 Å². The van der Waals surface area contributed by atoms with Crippen LogP contribution in [0.15, 0.2) is 30.3 Å². The minimum absolute atomic E-state index is 0.238. The Kier molecular flexibility index (Phi) is 22.0. The number of ether oxygens (including phenoxy) is 15. The lowest BCUT2D eigenvalue weighted by Gasteiger charge is -2.50. The van der Waals surface area contributed by atoms with E-state index in [9.17, 15) is 102 Å². The van der Waals surface area contributed by atoms with Crippen molar-refractivity contribution in [2.75, 3.05) is 46.2 Å². The average molecular weight is 1210 g/mol. The van der Waals surface area contributed by atoms with Crippen LogP contribution in [0.25, 0.3) is 0 Å². The molecule has 35 heteroatoms. The first kappa shape index (κ1) is 65.1. The van der Waals surface area contributed by atoms with Crippen LogP contribution in [0.5, 0.6) is 5.75 Å². The lowest BCUT2D eigenvalue weighted by atomic mass is 9.95. The van der Waals surface area contributed by atoms with Crippen LogP contribution in [0.3, 0.4) is 0 Å².